The van der Waals surface area contributed by atoms with Crippen LogP contribution >= 0.6 is 0 Å². The molecular weight excluding hydrogens is 176 g/mol. The Hall–Kier alpha value is -0.570. The van der Waals surface area contributed by atoms with E-state index < -0.39 is 0 Å². The molecule has 0 aromatic heterocycles. The van der Waals surface area contributed by atoms with Gasteiger partial charge in [0.05, 0.1) is 0 Å². The average Bonchev–Trinajstić information content (AvgIpc) is 2.65. The topological polar surface area (TPSA) is 32.3 Å². The molecule has 1 N–H and O–H groups in total. The lowest BCUT2D eigenvalue weighted by molar-refractivity contribution is -0.127. The molecule has 0 bridgehead atoms. The molecule has 3 aliphatic rings. The van der Waals surface area contributed by atoms with Crippen molar-refractivity contribution >= 4 is 5.91 Å². The smallest absolute Gasteiger partial charge is 0.224 e. The zero-order valence-electron chi connectivity index (χ0n) is 8.70. The van der Waals surface area contributed by atoms with E-state index in [-0.39, 0.29) is 0 Å². The Bertz CT molecular complexity index is 266. The van der Waals surface area contributed by atoms with Gasteiger partial charge < -0.3 is 10.2 Å². The summed E-state index contributed by atoms with van der Waals surface area (Å²) in [6.45, 7) is 3.28. The van der Waals surface area contributed by atoms with E-state index in [1.807, 2.05) is 0 Å². The predicted molar refractivity (Wildman–Crippen MR) is 53.8 cm³/mol. The summed E-state index contributed by atoms with van der Waals surface area (Å²) >= 11 is 0. The molecule has 2 saturated heterocycles. The molecule has 0 spiro atoms. The Kier molecular flexibility index (Phi) is 1.84. The van der Waals surface area contributed by atoms with E-state index in [9.17, 15) is 4.79 Å². The van der Waals surface area contributed by atoms with Crippen LogP contribution < -0.4 is 5.32 Å². The first kappa shape index (κ1) is 8.72. The van der Waals surface area contributed by atoms with Crippen LogP contribution in [0.2, 0.25) is 0 Å². The zero-order chi connectivity index (χ0) is 9.71. The lowest BCUT2D eigenvalue weighted by atomic mass is 10.1. The fourth-order valence-corrected chi connectivity index (χ4v) is 2.96. The van der Waals surface area contributed by atoms with Gasteiger partial charge in [-0.05, 0) is 25.2 Å². The highest BCUT2D eigenvalue weighted by Gasteiger charge is 2.45. The molecule has 3 heteroatoms. The SMILES string of the molecule is CC1CC1NC1CC(=O)N2CCCC12. The van der Waals surface area contributed by atoms with Gasteiger partial charge in [-0.25, -0.2) is 0 Å². The molecular formula is C11H18N2O. The third kappa shape index (κ3) is 1.26. The van der Waals surface area contributed by atoms with E-state index in [4.69, 9.17) is 0 Å². The minimum absolute atomic E-state index is 0.373. The minimum atomic E-state index is 0.373. The molecule has 0 radical (unpaired) electrons. The van der Waals surface area contributed by atoms with Crippen LogP contribution in [-0.4, -0.2) is 35.5 Å². The maximum atomic E-state index is 11.6. The number of nitrogens with one attached hydrogen (secondary N) is 1. The largest absolute Gasteiger partial charge is 0.338 e. The van der Waals surface area contributed by atoms with Gasteiger partial charge in [0.25, 0.3) is 0 Å². The van der Waals surface area contributed by atoms with Crippen molar-refractivity contribution in [1.29, 1.82) is 0 Å². The molecule has 2 aliphatic heterocycles. The third-order valence-corrected chi connectivity index (χ3v) is 4.02. The summed E-state index contributed by atoms with van der Waals surface area (Å²) in [5, 5.41) is 3.64. The number of carbonyl (C=O) groups is 1. The van der Waals surface area contributed by atoms with Crippen LogP contribution in [0, 0.1) is 5.92 Å². The van der Waals surface area contributed by atoms with Crippen molar-refractivity contribution < 1.29 is 4.79 Å². The van der Waals surface area contributed by atoms with Crippen LogP contribution in [0.1, 0.15) is 32.6 Å². The first-order valence-corrected chi connectivity index (χ1v) is 5.81. The van der Waals surface area contributed by atoms with Crippen molar-refractivity contribution in [1.82, 2.24) is 10.2 Å². The highest BCUT2D eigenvalue weighted by atomic mass is 16.2. The molecule has 2 heterocycles. The Morgan fingerprint density at radius 1 is 1.43 bits per heavy atom. The van der Waals surface area contributed by atoms with Gasteiger partial charge >= 0.3 is 0 Å². The van der Waals surface area contributed by atoms with E-state index in [0.717, 1.165) is 18.9 Å². The number of amides is 1. The molecule has 4 unspecified atom stereocenters. The number of hydrogen-bond donors (Lipinski definition) is 1. The van der Waals surface area contributed by atoms with Crippen molar-refractivity contribution in [3.8, 4) is 0 Å². The molecule has 14 heavy (non-hydrogen) atoms. The number of rotatable bonds is 2. The fraction of sp³-hybridized carbons (Fsp3) is 0.909. The first-order valence-electron chi connectivity index (χ1n) is 5.81. The Morgan fingerprint density at radius 2 is 2.21 bits per heavy atom. The summed E-state index contributed by atoms with van der Waals surface area (Å²) in [4.78, 5) is 13.7. The van der Waals surface area contributed by atoms with Gasteiger partial charge in [-0.15, -0.1) is 0 Å². The van der Waals surface area contributed by atoms with Crippen molar-refractivity contribution in [3.63, 3.8) is 0 Å². The van der Waals surface area contributed by atoms with E-state index in [1.54, 1.807) is 0 Å². The quantitative estimate of drug-likeness (QED) is 0.703. The second-order valence-corrected chi connectivity index (χ2v) is 5.09. The molecule has 78 valence electrons. The van der Waals surface area contributed by atoms with Crippen LogP contribution in [0.4, 0.5) is 0 Å². The van der Waals surface area contributed by atoms with Crippen molar-refractivity contribution in [2.45, 2.75) is 50.7 Å². The predicted octanol–water partition coefficient (Wildman–Crippen LogP) is 0.748. The zero-order valence-corrected chi connectivity index (χ0v) is 8.70. The van der Waals surface area contributed by atoms with Crippen molar-refractivity contribution in [3.05, 3.63) is 0 Å². The summed E-state index contributed by atoms with van der Waals surface area (Å²) in [5.74, 6) is 1.21. The van der Waals surface area contributed by atoms with Crippen LogP contribution in [-0.2, 0) is 4.79 Å². The van der Waals surface area contributed by atoms with Gasteiger partial charge in [0, 0.05) is 31.1 Å². The van der Waals surface area contributed by atoms with Gasteiger partial charge in [-0.1, -0.05) is 6.92 Å². The lowest BCUT2D eigenvalue weighted by Crippen LogP contribution is -2.40. The van der Waals surface area contributed by atoms with Gasteiger partial charge in [-0.2, -0.15) is 0 Å². The molecule has 3 rings (SSSR count). The van der Waals surface area contributed by atoms with Gasteiger partial charge in [0.15, 0.2) is 0 Å². The van der Waals surface area contributed by atoms with Gasteiger partial charge in [-0.3, -0.25) is 4.79 Å². The molecule has 3 nitrogen and oxygen atoms in total. The fourth-order valence-electron chi connectivity index (χ4n) is 2.96. The molecule has 1 aliphatic carbocycles. The standard InChI is InChI=1S/C11H18N2O/c1-7-5-8(7)12-9-6-11(14)13-4-2-3-10(9)13/h7-10,12H,2-6H2,1H3. The Morgan fingerprint density at radius 3 is 2.93 bits per heavy atom. The normalized spacial score (nSPS) is 45.8. The maximum Gasteiger partial charge on any atom is 0.224 e. The molecule has 0 aromatic rings. The minimum Gasteiger partial charge on any atom is -0.338 e. The van der Waals surface area contributed by atoms with Crippen LogP contribution in [0.3, 0.4) is 0 Å². The summed E-state index contributed by atoms with van der Waals surface area (Å²) in [5.41, 5.74) is 0. The highest BCUT2D eigenvalue weighted by Crippen LogP contribution is 2.34. The molecule has 0 aromatic carbocycles. The van der Waals surface area contributed by atoms with E-state index in [0.29, 0.717) is 24.0 Å². The third-order valence-electron chi connectivity index (χ3n) is 4.02. The van der Waals surface area contributed by atoms with Gasteiger partial charge in [0.2, 0.25) is 5.91 Å². The monoisotopic (exact) mass is 194 g/mol. The van der Waals surface area contributed by atoms with Crippen LogP contribution in [0.25, 0.3) is 0 Å². The number of hydrogen-bond acceptors (Lipinski definition) is 2. The number of nitrogens with zero attached hydrogens (tertiary/aromatic N) is 1. The molecule has 4 atom stereocenters. The highest BCUT2D eigenvalue weighted by molar-refractivity contribution is 5.80. The summed E-state index contributed by atoms with van der Waals surface area (Å²) in [6.07, 6.45) is 4.46. The molecule has 1 amide bonds. The van der Waals surface area contributed by atoms with Gasteiger partial charge in [0.1, 0.15) is 0 Å². The van der Waals surface area contributed by atoms with E-state index in [1.165, 1.54) is 19.3 Å². The average molecular weight is 194 g/mol. The van der Waals surface area contributed by atoms with Crippen LogP contribution in [0.5, 0.6) is 0 Å². The second-order valence-electron chi connectivity index (χ2n) is 5.09. The number of fused-ring (bicyclic) bond motifs is 1. The second kappa shape index (κ2) is 2.96. The summed E-state index contributed by atoms with van der Waals surface area (Å²) in [6, 6.07) is 1.68. The molecule has 3 fully saturated rings. The Labute approximate surface area is 84.8 Å². The van der Waals surface area contributed by atoms with E-state index in [2.05, 4.69) is 17.1 Å². The maximum absolute atomic E-state index is 11.6. The number of carbonyl (C=O) groups excluding carboxylic acids is 1. The summed E-state index contributed by atoms with van der Waals surface area (Å²) in [7, 11) is 0. The lowest BCUT2D eigenvalue weighted by Gasteiger charge is -2.21. The van der Waals surface area contributed by atoms with Crippen molar-refractivity contribution in [2.75, 3.05) is 6.54 Å². The van der Waals surface area contributed by atoms with E-state index >= 15 is 0 Å². The van der Waals surface area contributed by atoms with Crippen molar-refractivity contribution in [2.24, 2.45) is 5.92 Å². The molecule has 1 saturated carbocycles. The summed E-state index contributed by atoms with van der Waals surface area (Å²) < 4.78 is 0. The Balaban J connectivity index is 1.66. The van der Waals surface area contributed by atoms with Crippen LogP contribution in [0.15, 0.2) is 0 Å². The first-order chi connectivity index (χ1) is 6.75.